The lowest BCUT2D eigenvalue weighted by molar-refractivity contribution is 0.103. The average Bonchev–Trinajstić information content (AvgIpc) is 3.18. The van der Waals surface area contributed by atoms with Crippen LogP contribution < -0.4 is 23.8 Å². The summed E-state index contributed by atoms with van der Waals surface area (Å²) in [5.74, 6) is 2.50. The number of allylic oxidation sites excluding steroid dienone is 1. The van der Waals surface area contributed by atoms with Gasteiger partial charge in [0.1, 0.15) is 5.75 Å². The summed E-state index contributed by atoms with van der Waals surface area (Å²) in [6.07, 6.45) is 2.46. The molecular formula is C22H25NO5. The van der Waals surface area contributed by atoms with Gasteiger partial charge in [-0.1, -0.05) is 6.92 Å². The van der Waals surface area contributed by atoms with Crippen molar-refractivity contribution in [3.05, 3.63) is 47.0 Å². The van der Waals surface area contributed by atoms with E-state index in [-0.39, 0.29) is 12.6 Å². The molecule has 2 aromatic rings. The molecule has 0 atom stereocenters. The van der Waals surface area contributed by atoms with Crippen molar-refractivity contribution in [1.29, 1.82) is 0 Å². The lowest BCUT2D eigenvalue weighted by Crippen LogP contribution is -2.12. The largest absolute Gasteiger partial charge is 0.495 e. The van der Waals surface area contributed by atoms with E-state index in [1.165, 1.54) is 0 Å². The summed E-state index contributed by atoms with van der Waals surface area (Å²) in [5.41, 5.74) is 2.99. The zero-order valence-corrected chi connectivity index (χ0v) is 16.9. The van der Waals surface area contributed by atoms with Gasteiger partial charge >= 0.3 is 0 Å². The minimum absolute atomic E-state index is 0.0233. The van der Waals surface area contributed by atoms with Gasteiger partial charge in [-0.15, -0.1) is 0 Å². The fourth-order valence-electron chi connectivity index (χ4n) is 3.13. The minimum Gasteiger partial charge on any atom is -0.495 e. The highest BCUT2D eigenvalue weighted by molar-refractivity contribution is 6.11. The molecule has 0 radical (unpaired) electrons. The molecular weight excluding hydrogens is 358 g/mol. The molecule has 1 heterocycles. The standard InChI is InChI=1S/C22H25NO5/c1-6-15(9-14-10-19(26-5)22-20(11-14)27-13-28-22)21(24)16-7-8-18(25-4)17(12-16)23(2)3/h7-12H,6,13H2,1-5H3/b15-9+. The second-order valence-corrected chi connectivity index (χ2v) is 6.59. The van der Waals surface area contributed by atoms with Gasteiger partial charge in [-0.2, -0.15) is 0 Å². The number of ether oxygens (including phenoxy) is 4. The first-order valence-electron chi connectivity index (χ1n) is 9.06. The number of benzene rings is 2. The number of carbonyl (C=O) groups is 1. The SMILES string of the molecule is CC/C(=C\c1cc(OC)c2c(c1)OCO2)C(=O)c1ccc(OC)c(N(C)C)c1. The van der Waals surface area contributed by atoms with Crippen LogP contribution in [0.15, 0.2) is 35.9 Å². The van der Waals surface area contributed by atoms with Gasteiger partial charge in [-0.3, -0.25) is 4.79 Å². The Labute approximate surface area is 165 Å². The Morgan fingerprint density at radius 3 is 2.50 bits per heavy atom. The lowest BCUT2D eigenvalue weighted by Gasteiger charge is -2.17. The molecule has 3 rings (SSSR count). The van der Waals surface area contributed by atoms with Gasteiger partial charge in [-0.05, 0) is 48.4 Å². The summed E-state index contributed by atoms with van der Waals surface area (Å²) in [6, 6.07) is 9.16. The van der Waals surface area contributed by atoms with E-state index in [1.54, 1.807) is 20.3 Å². The molecule has 148 valence electrons. The van der Waals surface area contributed by atoms with Crippen LogP contribution in [0.4, 0.5) is 5.69 Å². The van der Waals surface area contributed by atoms with Crippen molar-refractivity contribution >= 4 is 17.5 Å². The molecule has 6 nitrogen and oxygen atoms in total. The van der Waals surface area contributed by atoms with Crippen LogP contribution in [0.2, 0.25) is 0 Å². The van der Waals surface area contributed by atoms with Crippen LogP contribution in [-0.2, 0) is 0 Å². The Morgan fingerprint density at radius 1 is 1.11 bits per heavy atom. The lowest BCUT2D eigenvalue weighted by atomic mass is 9.98. The average molecular weight is 383 g/mol. The predicted molar refractivity (Wildman–Crippen MR) is 109 cm³/mol. The Bertz CT molecular complexity index is 917. The second kappa shape index (κ2) is 8.25. The Morgan fingerprint density at radius 2 is 1.86 bits per heavy atom. The third kappa shape index (κ3) is 3.76. The maximum atomic E-state index is 13.1. The van der Waals surface area contributed by atoms with Gasteiger partial charge < -0.3 is 23.8 Å². The summed E-state index contributed by atoms with van der Waals surface area (Å²) in [5, 5.41) is 0. The van der Waals surface area contributed by atoms with Crippen LogP contribution >= 0.6 is 0 Å². The fourth-order valence-corrected chi connectivity index (χ4v) is 3.13. The highest BCUT2D eigenvalue weighted by Gasteiger charge is 2.20. The summed E-state index contributed by atoms with van der Waals surface area (Å²) in [7, 11) is 7.04. The number of fused-ring (bicyclic) bond motifs is 1. The molecule has 0 amide bonds. The zero-order valence-electron chi connectivity index (χ0n) is 16.9. The van der Waals surface area contributed by atoms with E-state index in [9.17, 15) is 4.79 Å². The van der Waals surface area contributed by atoms with Gasteiger partial charge in [-0.25, -0.2) is 0 Å². The van der Waals surface area contributed by atoms with Crippen molar-refractivity contribution < 1.29 is 23.7 Å². The third-order valence-corrected chi connectivity index (χ3v) is 4.62. The van der Waals surface area contributed by atoms with E-state index in [2.05, 4.69) is 0 Å². The van der Waals surface area contributed by atoms with Crippen LogP contribution in [0.25, 0.3) is 6.08 Å². The van der Waals surface area contributed by atoms with Crippen molar-refractivity contribution in [2.24, 2.45) is 0 Å². The molecule has 0 unspecified atom stereocenters. The molecule has 0 aliphatic carbocycles. The molecule has 0 aromatic heterocycles. The van der Waals surface area contributed by atoms with E-state index >= 15 is 0 Å². The molecule has 28 heavy (non-hydrogen) atoms. The zero-order chi connectivity index (χ0) is 20.3. The van der Waals surface area contributed by atoms with Crippen molar-refractivity contribution in [3.8, 4) is 23.0 Å². The Kier molecular flexibility index (Phi) is 5.78. The first-order chi connectivity index (χ1) is 13.5. The van der Waals surface area contributed by atoms with E-state index in [4.69, 9.17) is 18.9 Å². The van der Waals surface area contributed by atoms with Gasteiger partial charge in [0, 0.05) is 25.2 Å². The van der Waals surface area contributed by atoms with E-state index < -0.39 is 0 Å². The third-order valence-electron chi connectivity index (χ3n) is 4.62. The summed E-state index contributed by atoms with van der Waals surface area (Å²) < 4.78 is 21.7. The maximum Gasteiger partial charge on any atom is 0.231 e. The van der Waals surface area contributed by atoms with Gasteiger partial charge in [0.2, 0.25) is 12.5 Å². The van der Waals surface area contributed by atoms with Crippen molar-refractivity contribution in [1.82, 2.24) is 0 Å². The van der Waals surface area contributed by atoms with Crippen LogP contribution in [0, 0.1) is 0 Å². The van der Waals surface area contributed by atoms with Gasteiger partial charge in [0.15, 0.2) is 17.3 Å². The molecule has 1 aliphatic rings. The molecule has 0 spiro atoms. The first kappa shape index (κ1) is 19.6. The van der Waals surface area contributed by atoms with Crippen molar-refractivity contribution in [2.75, 3.05) is 40.0 Å². The van der Waals surface area contributed by atoms with Crippen LogP contribution in [-0.4, -0.2) is 40.9 Å². The number of ketones is 1. The summed E-state index contributed by atoms with van der Waals surface area (Å²) in [6.45, 7) is 2.13. The van der Waals surface area contributed by atoms with Crippen molar-refractivity contribution in [3.63, 3.8) is 0 Å². The van der Waals surface area contributed by atoms with Crippen LogP contribution in [0.1, 0.15) is 29.3 Å². The predicted octanol–water partition coefficient (Wildman–Crippen LogP) is 4.17. The number of Topliss-reactive ketones (excluding diaryl/α,β-unsaturated/α-hetero) is 1. The quantitative estimate of drug-likeness (QED) is 0.528. The smallest absolute Gasteiger partial charge is 0.231 e. The van der Waals surface area contributed by atoms with Gasteiger partial charge in [0.05, 0.1) is 19.9 Å². The van der Waals surface area contributed by atoms with Crippen LogP contribution in [0.3, 0.4) is 0 Å². The number of carbonyl (C=O) groups excluding carboxylic acids is 1. The molecule has 2 aromatic carbocycles. The molecule has 0 saturated heterocycles. The van der Waals surface area contributed by atoms with Gasteiger partial charge in [0.25, 0.3) is 0 Å². The number of hydrogen-bond acceptors (Lipinski definition) is 6. The molecule has 6 heteroatoms. The number of nitrogens with zero attached hydrogens (tertiary/aromatic N) is 1. The topological polar surface area (TPSA) is 57.2 Å². The summed E-state index contributed by atoms with van der Waals surface area (Å²) >= 11 is 0. The number of methoxy groups -OCH3 is 2. The molecule has 1 aliphatic heterocycles. The van der Waals surface area contributed by atoms with E-state index in [0.29, 0.717) is 34.8 Å². The van der Waals surface area contributed by atoms with E-state index in [0.717, 1.165) is 17.0 Å². The monoisotopic (exact) mass is 383 g/mol. The Hall–Kier alpha value is -3.15. The highest BCUT2D eigenvalue weighted by atomic mass is 16.7. The van der Waals surface area contributed by atoms with E-state index in [1.807, 2.05) is 56.3 Å². The minimum atomic E-state index is -0.0233. The number of rotatable bonds is 7. The molecule has 0 bridgehead atoms. The normalized spacial score (nSPS) is 12.7. The Balaban J connectivity index is 1.98. The first-order valence-corrected chi connectivity index (χ1v) is 9.06. The van der Waals surface area contributed by atoms with Crippen LogP contribution in [0.5, 0.6) is 23.0 Å². The molecule has 0 fully saturated rings. The van der Waals surface area contributed by atoms with Crippen molar-refractivity contribution in [2.45, 2.75) is 13.3 Å². The number of anilines is 1. The number of hydrogen-bond donors (Lipinski definition) is 0. The highest BCUT2D eigenvalue weighted by Crippen LogP contribution is 2.42. The second-order valence-electron chi connectivity index (χ2n) is 6.59. The molecule has 0 saturated carbocycles. The maximum absolute atomic E-state index is 13.1. The fraction of sp³-hybridized carbons (Fsp3) is 0.318. The molecule has 0 N–H and O–H groups in total. The summed E-state index contributed by atoms with van der Waals surface area (Å²) in [4.78, 5) is 15.1.